The summed E-state index contributed by atoms with van der Waals surface area (Å²) in [6.45, 7) is 2.09. The second-order valence-electron chi connectivity index (χ2n) is 3.22. The number of nitrogen functional groups attached to an aromatic ring is 1. The molecule has 0 aliphatic carbocycles. The van der Waals surface area contributed by atoms with Gasteiger partial charge in [0.05, 0.1) is 9.90 Å². The molecule has 80 valence electrons. The minimum Gasteiger partial charge on any atom is -0.381 e. The zero-order valence-corrected chi connectivity index (χ0v) is 9.86. The summed E-state index contributed by atoms with van der Waals surface area (Å²) >= 11 is 7.57. The Morgan fingerprint density at radius 1 is 1.60 bits per heavy atom. The van der Waals surface area contributed by atoms with Gasteiger partial charge in [0.25, 0.3) is 0 Å². The molecule has 0 fully saturated rings. The summed E-state index contributed by atoms with van der Waals surface area (Å²) in [5.41, 5.74) is 6.70. The van der Waals surface area contributed by atoms with Gasteiger partial charge in [-0.25, -0.2) is 0 Å². The first-order chi connectivity index (χ1) is 7.24. The molecule has 0 spiro atoms. The van der Waals surface area contributed by atoms with Gasteiger partial charge in [0.15, 0.2) is 11.6 Å². The van der Waals surface area contributed by atoms with E-state index in [0.717, 1.165) is 23.3 Å². The zero-order valence-electron chi connectivity index (χ0n) is 8.29. The molecular weight excluding hydrogens is 232 g/mol. The number of aromatic nitrogens is 1. The molecule has 0 bridgehead atoms. The van der Waals surface area contributed by atoms with Crippen molar-refractivity contribution in [3.05, 3.63) is 22.0 Å². The summed E-state index contributed by atoms with van der Waals surface area (Å²) in [5, 5.41) is 6.39. The van der Waals surface area contributed by atoms with Gasteiger partial charge < -0.3 is 10.3 Å². The lowest BCUT2D eigenvalue weighted by atomic mass is 10.1. The van der Waals surface area contributed by atoms with E-state index in [0.29, 0.717) is 16.6 Å². The topological polar surface area (TPSA) is 52.0 Å². The average molecular weight is 243 g/mol. The summed E-state index contributed by atoms with van der Waals surface area (Å²) in [5.74, 6) is 1.19. The van der Waals surface area contributed by atoms with E-state index < -0.39 is 0 Å². The number of nitrogens with zero attached hydrogens (tertiary/aromatic N) is 1. The monoisotopic (exact) mass is 242 g/mol. The van der Waals surface area contributed by atoms with Crippen molar-refractivity contribution in [1.82, 2.24) is 5.16 Å². The standard InChI is InChI=1S/C10H11ClN2OS/c1-2-3-6-8(14-13-10(6)12)9-7(11)4-5-15-9/h4-5H,2-3H2,1H3,(H2,12,13). The smallest absolute Gasteiger partial charge is 0.183 e. The van der Waals surface area contributed by atoms with Crippen LogP contribution in [0.4, 0.5) is 5.82 Å². The first-order valence-electron chi connectivity index (χ1n) is 4.71. The van der Waals surface area contributed by atoms with Gasteiger partial charge in [-0.2, -0.15) is 0 Å². The maximum absolute atomic E-state index is 6.04. The predicted octanol–water partition coefficient (Wildman–Crippen LogP) is 3.59. The molecule has 0 atom stereocenters. The van der Waals surface area contributed by atoms with Crippen LogP contribution in [0.25, 0.3) is 10.6 Å². The Kier molecular flexibility index (Phi) is 2.98. The van der Waals surface area contributed by atoms with Crippen LogP contribution in [0.3, 0.4) is 0 Å². The zero-order chi connectivity index (χ0) is 10.8. The van der Waals surface area contributed by atoms with E-state index >= 15 is 0 Å². The van der Waals surface area contributed by atoms with E-state index in [2.05, 4.69) is 12.1 Å². The molecule has 0 unspecified atom stereocenters. The Morgan fingerprint density at radius 2 is 2.40 bits per heavy atom. The maximum Gasteiger partial charge on any atom is 0.183 e. The molecule has 0 saturated carbocycles. The lowest BCUT2D eigenvalue weighted by molar-refractivity contribution is 0.436. The first kappa shape index (κ1) is 10.5. The van der Waals surface area contributed by atoms with Crippen LogP contribution in [0, 0.1) is 0 Å². The Hall–Kier alpha value is -1.00. The quantitative estimate of drug-likeness (QED) is 0.895. The molecule has 15 heavy (non-hydrogen) atoms. The van der Waals surface area contributed by atoms with E-state index in [4.69, 9.17) is 21.9 Å². The molecule has 5 heteroatoms. The number of halogens is 1. The van der Waals surface area contributed by atoms with E-state index in [-0.39, 0.29) is 0 Å². The van der Waals surface area contributed by atoms with Crippen LogP contribution < -0.4 is 5.73 Å². The summed E-state index contributed by atoms with van der Waals surface area (Å²) in [7, 11) is 0. The van der Waals surface area contributed by atoms with E-state index in [9.17, 15) is 0 Å². The lowest BCUT2D eigenvalue weighted by Gasteiger charge is -1.98. The van der Waals surface area contributed by atoms with Crippen LogP contribution in [0.1, 0.15) is 18.9 Å². The predicted molar refractivity (Wildman–Crippen MR) is 63.2 cm³/mol. The molecule has 2 N–H and O–H groups in total. The fourth-order valence-corrected chi connectivity index (χ4v) is 2.59. The highest BCUT2D eigenvalue weighted by atomic mass is 35.5. The van der Waals surface area contributed by atoms with Crippen molar-refractivity contribution in [2.75, 3.05) is 5.73 Å². The second kappa shape index (κ2) is 4.24. The highest BCUT2D eigenvalue weighted by Crippen LogP contribution is 2.37. The van der Waals surface area contributed by atoms with Crippen molar-refractivity contribution in [2.24, 2.45) is 0 Å². The molecule has 2 aromatic heterocycles. The Bertz CT molecular complexity index is 464. The number of rotatable bonds is 3. The number of anilines is 1. The van der Waals surface area contributed by atoms with Crippen molar-refractivity contribution < 1.29 is 4.52 Å². The highest BCUT2D eigenvalue weighted by molar-refractivity contribution is 7.14. The fourth-order valence-electron chi connectivity index (χ4n) is 1.45. The molecule has 2 aromatic rings. The minimum absolute atomic E-state index is 0.469. The van der Waals surface area contributed by atoms with E-state index in [1.807, 2.05) is 11.4 Å². The summed E-state index contributed by atoms with van der Waals surface area (Å²) in [6.07, 6.45) is 1.86. The number of hydrogen-bond acceptors (Lipinski definition) is 4. The van der Waals surface area contributed by atoms with E-state index in [1.54, 1.807) is 0 Å². The molecule has 0 aliphatic heterocycles. The fraction of sp³-hybridized carbons (Fsp3) is 0.300. The van der Waals surface area contributed by atoms with Crippen LogP contribution >= 0.6 is 22.9 Å². The molecular formula is C10H11ClN2OS. The third-order valence-corrected chi connectivity index (χ3v) is 3.48. The van der Waals surface area contributed by atoms with Crippen molar-refractivity contribution in [1.29, 1.82) is 0 Å². The molecule has 0 saturated heterocycles. The second-order valence-corrected chi connectivity index (χ2v) is 4.55. The van der Waals surface area contributed by atoms with Crippen molar-refractivity contribution in [3.8, 4) is 10.6 Å². The van der Waals surface area contributed by atoms with Crippen LogP contribution in [0.5, 0.6) is 0 Å². The SMILES string of the molecule is CCCc1c(N)noc1-c1sccc1Cl. The Balaban J connectivity index is 2.49. The van der Waals surface area contributed by atoms with Crippen molar-refractivity contribution in [2.45, 2.75) is 19.8 Å². The van der Waals surface area contributed by atoms with Crippen LogP contribution in [-0.2, 0) is 6.42 Å². The van der Waals surface area contributed by atoms with Gasteiger partial charge >= 0.3 is 0 Å². The van der Waals surface area contributed by atoms with Gasteiger partial charge in [-0.15, -0.1) is 11.3 Å². The highest BCUT2D eigenvalue weighted by Gasteiger charge is 2.18. The number of thiophene rings is 1. The minimum atomic E-state index is 0.469. The van der Waals surface area contributed by atoms with Crippen molar-refractivity contribution >= 4 is 28.8 Å². The molecule has 3 nitrogen and oxygen atoms in total. The van der Waals surface area contributed by atoms with Crippen LogP contribution in [-0.4, -0.2) is 5.16 Å². The first-order valence-corrected chi connectivity index (χ1v) is 5.97. The van der Waals surface area contributed by atoms with Gasteiger partial charge in [-0.1, -0.05) is 30.1 Å². The molecule has 0 aliphatic rings. The summed E-state index contributed by atoms with van der Waals surface area (Å²) in [6, 6.07) is 1.84. The average Bonchev–Trinajstić information content (AvgIpc) is 2.76. The molecule has 0 aromatic carbocycles. The molecule has 2 heterocycles. The van der Waals surface area contributed by atoms with Crippen molar-refractivity contribution in [3.63, 3.8) is 0 Å². The Morgan fingerprint density at radius 3 is 3.00 bits per heavy atom. The number of nitrogens with two attached hydrogens (primary N) is 1. The normalized spacial score (nSPS) is 10.8. The van der Waals surface area contributed by atoms with Gasteiger partial charge in [-0.3, -0.25) is 0 Å². The van der Waals surface area contributed by atoms with Crippen LogP contribution in [0.2, 0.25) is 5.02 Å². The third-order valence-electron chi connectivity index (χ3n) is 2.14. The van der Waals surface area contributed by atoms with E-state index in [1.165, 1.54) is 11.3 Å². The van der Waals surface area contributed by atoms with Gasteiger partial charge in [-0.05, 0) is 17.9 Å². The largest absolute Gasteiger partial charge is 0.381 e. The molecule has 0 radical (unpaired) electrons. The lowest BCUT2D eigenvalue weighted by Crippen LogP contribution is -1.92. The number of hydrogen-bond donors (Lipinski definition) is 1. The van der Waals surface area contributed by atoms with Gasteiger partial charge in [0.2, 0.25) is 0 Å². The van der Waals surface area contributed by atoms with Crippen LogP contribution in [0.15, 0.2) is 16.0 Å². The maximum atomic E-state index is 6.04. The molecule has 2 rings (SSSR count). The van der Waals surface area contributed by atoms with Gasteiger partial charge in [0, 0.05) is 5.56 Å². The summed E-state index contributed by atoms with van der Waals surface area (Å²) < 4.78 is 5.22. The summed E-state index contributed by atoms with van der Waals surface area (Å²) in [4.78, 5) is 0.907. The third kappa shape index (κ3) is 1.87. The molecule has 0 amide bonds. The Labute approximate surface area is 96.8 Å². The van der Waals surface area contributed by atoms with Gasteiger partial charge in [0.1, 0.15) is 0 Å².